The van der Waals surface area contributed by atoms with Crippen molar-refractivity contribution in [2.24, 2.45) is 11.1 Å². The summed E-state index contributed by atoms with van der Waals surface area (Å²) in [6, 6.07) is 10.3. The fraction of sp³-hybridized carbons (Fsp3) is 0.400. The predicted octanol–water partition coefficient (Wildman–Crippen LogP) is 3.26. The maximum absolute atomic E-state index is 15.0. The monoisotopic (exact) mass is 486 g/mol. The van der Waals surface area contributed by atoms with Crippen LogP contribution >= 0.6 is 0 Å². The van der Waals surface area contributed by atoms with Crippen molar-refractivity contribution >= 4 is 10.0 Å². The van der Waals surface area contributed by atoms with E-state index in [9.17, 15) is 12.8 Å². The Labute approximate surface area is 198 Å². The van der Waals surface area contributed by atoms with E-state index in [-0.39, 0.29) is 22.6 Å². The molecule has 0 amide bonds. The van der Waals surface area contributed by atoms with Crippen molar-refractivity contribution in [3.8, 4) is 0 Å². The van der Waals surface area contributed by atoms with Crippen LogP contribution in [0.15, 0.2) is 53.9 Å². The van der Waals surface area contributed by atoms with E-state index < -0.39 is 10.0 Å². The average Bonchev–Trinajstić information content (AvgIpc) is 3.34. The summed E-state index contributed by atoms with van der Waals surface area (Å²) in [4.78, 5) is 6.26. The van der Waals surface area contributed by atoms with E-state index in [0.717, 1.165) is 42.7 Å². The zero-order chi connectivity index (χ0) is 23.9. The van der Waals surface area contributed by atoms with Gasteiger partial charge >= 0.3 is 0 Å². The topological polar surface area (TPSA) is 81.2 Å². The van der Waals surface area contributed by atoms with Crippen molar-refractivity contribution in [2.75, 3.05) is 19.6 Å². The van der Waals surface area contributed by atoms with Crippen LogP contribution in [0, 0.1) is 17.6 Å². The molecule has 1 fully saturated rings. The van der Waals surface area contributed by atoms with E-state index in [0.29, 0.717) is 30.9 Å². The maximum Gasteiger partial charge on any atom is 0.257 e. The van der Waals surface area contributed by atoms with E-state index in [1.165, 1.54) is 25.0 Å². The Morgan fingerprint density at radius 3 is 2.65 bits per heavy atom. The lowest BCUT2D eigenvalue weighted by Gasteiger charge is -2.35. The molecule has 0 radical (unpaired) electrons. The number of likely N-dealkylation sites (tertiary alicyclic amines) is 1. The van der Waals surface area contributed by atoms with Gasteiger partial charge in [-0.25, -0.2) is 27.3 Å². The smallest absolute Gasteiger partial charge is 0.257 e. The standard InChI is InChI=1S/C25H28F2N4O2S/c26-21-4-1-3-17(9-21)10-22-20(14-30-6-2-7-30)11-19-13-24(27)18(12-23(19)22)5-8-31-15-25(29-16-31)34(28,32)33/h1,3-4,9,12-13,15-16,20,22H,2,5-8,10-11,14H2,(H2,28,32,33). The number of aromatic nitrogens is 2. The first-order valence-corrected chi connectivity index (χ1v) is 13.1. The Balaban J connectivity index is 1.39. The molecule has 0 bridgehead atoms. The number of nitrogens with zero attached hydrogens (tertiary/aromatic N) is 3. The van der Waals surface area contributed by atoms with Crippen molar-refractivity contribution in [1.82, 2.24) is 14.5 Å². The molecule has 1 aromatic heterocycles. The zero-order valence-corrected chi connectivity index (χ0v) is 19.6. The number of hydrogen-bond donors (Lipinski definition) is 1. The van der Waals surface area contributed by atoms with E-state index in [2.05, 4.69) is 9.88 Å². The molecule has 2 aromatic carbocycles. The number of halogens is 2. The molecule has 2 atom stereocenters. The van der Waals surface area contributed by atoms with Gasteiger partial charge in [0.1, 0.15) is 11.6 Å². The zero-order valence-electron chi connectivity index (χ0n) is 18.8. The third kappa shape index (κ3) is 4.92. The second kappa shape index (κ2) is 9.20. The fourth-order valence-electron chi connectivity index (χ4n) is 5.21. The second-order valence-electron chi connectivity index (χ2n) is 9.45. The first-order chi connectivity index (χ1) is 16.3. The Morgan fingerprint density at radius 1 is 1.15 bits per heavy atom. The molecule has 34 heavy (non-hydrogen) atoms. The number of aryl methyl sites for hydroxylation is 2. The Kier molecular flexibility index (Phi) is 6.26. The van der Waals surface area contributed by atoms with Gasteiger partial charge in [-0.2, -0.15) is 0 Å². The summed E-state index contributed by atoms with van der Waals surface area (Å²) >= 11 is 0. The van der Waals surface area contributed by atoms with Gasteiger partial charge < -0.3 is 9.47 Å². The van der Waals surface area contributed by atoms with Crippen LogP contribution in [0.3, 0.4) is 0 Å². The molecule has 2 N–H and O–H groups in total. The third-order valence-corrected chi connectivity index (χ3v) is 7.88. The number of nitrogens with two attached hydrogens (primary N) is 1. The lowest BCUT2D eigenvalue weighted by Crippen LogP contribution is -2.41. The van der Waals surface area contributed by atoms with Gasteiger partial charge in [0.15, 0.2) is 5.03 Å². The highest BCUT2D eigenvalue weighted by molar-refractivity contribution is 7.89. The minimum atomic E-state index is -3.87. The van der Waals surface area contributed by atoms with Crippen molar-refractivity contribution in [3.05, 3.63) is 82.8 Å². The van der Waals surface area contributed by atoms with Crippen LogP contribution in [-0.4, -0.2) is 42.5 Å². The summed E-state index contributed by atoms with van der Waals surface area (Å²) in [5.74, 6) is 0.0619. The molecule has 5 rings (SSSR count). The molecule has 2 heterocycles. The average molecular weight is 487 g/mol. The number of imidazole rings is 1. The number of fused-ring (bicyclic) bond motifs is 1. The molecule has 6 nitrogen and oxygen atoms in total. The van der Waals surface area contributed by atoms with Crippen LogP contribution in [-0.2, 0) is 35.8 Å². The molecule has 3 aromatic rings. The number of hydrogen-bond acceptors (Lipinski definition) is 4. The van der Waals surface area contributed by atoms with Crippen LogP contribution in [0.4, 0.5) is 8.78 Å². The normalized spacial score (nSPS) is 20.3. The minimum Gasteiger partial charge on any atom is -0.336 e. The first kappa shape index (κ1) is 23.1. The summed E-state index contributed by atoms with van der Waals surface area (Å²) in [7, 11) is -3.87. The van der Waals surface area contributed by atoms with E-state index in [1.54, 1.807) is 22.8 Å². The summed E-state index contributed by atoms with van der Waals surface area (Å²) in [5, 5.41) is 4.92. The molecular formula is C25H28F2N4O2S. The Morgan fingerprint density at radius 2 is 1.97 bits per heavy atom. The van der Waals surface area contributed by atoms with Gasteiger partial charge in [-0.05, 0) is 91.1 Å². The third-order valence-electron chi connectivity index (χ3n) is 7.09. The van der Waals surface area contributed by atoms with Gasteiger partial charge in [0, 0.05) is 19.3 Å². The molecule has 2 unspecified atom stereocenters. The van der Waals surface area contributed by atoms with Gasteiger partial charge in [-0.1, -0.05) is 18.2 Å². The van der Waals surface area contributed by atoms with E-state index in [4.69, 9.17) is 5.14 Å². The first-order valence-electron chi connectivity index (χ1n) is 11.6. The highest BCUT2D eigenvalue weighted by Gasteiger charge is 2.35. The number of sulfonamides is 1. The van der Waals surface area contributed by atoms with Gasteiger partial charge in [0.2, 0.25) is 0 Å². The molecular weight excluding hydrogens is 458 g/mol. The summed E-state index contributed by atoms with van der Waals surface area (Å²) in [6.07, 6.45) is 5.89. The van der Waals surface area contributed by atoms with Crippen molar-refractivity contribution in [1.29, 1.82) is 0 Å². The Hall–Kier alpha value is -2.62. The molecule has 1 aliphatic heterocycles. The van der Waals surface area contributed by atoms with Gasteiger partial charge in [-0.15, -0.1) is 0 Å². The molecule has 2 aliphatic rings. The molecule has 1 aliphatic carbocycles. The summed E-state index contributed by atoms with van der Waals surface area (Å²) in [5.41, 5.74) is 3.71. The molecule has 180 valence electrons. The lowest BCUT2D eigenvalue weighted by molar-refractivity contribution is 0.145. The largest absolute Gasteiger partial charge is 0.336 e. The highest BCUT2D eigenvalue weighted by Crippen LogP contribution is 2.42. The predicted molar refractivity (Wildman–Crippen MR) is 125 cm³/mol. The summed E-state index contributed by atoms with van der Waals surface area (Å²) < 4.78 is 53.4. The van der Waals surface area contributed by atoms with Gasteiger partial charge in [0.05, 0.1) is 6.33 Å². The fourth-order valence-corrected chi connectivity index (χ4v) is 5.69. The molecule has 0 spiro atoms. The number of primary sulfonamides is 1. The van der Waals surface area contributed by atoms with Crippen LogP contribution in [0.2, 0.25) is 0 Å². The van der Waals surface area contributed by atoms with Crippen LogP contribution in [0.25, 0.3) is 0 Å². The van der Waals surface area contributed by atoms with Crippen LogP contribution < -0.4 is 5.14 Å². The van der Waals surface area contributed by atoms with E-state index in [1.807, 2.05) is 12.1 Å². The lowest BCUT2D eigenvalue weighted by atomic mass is 9.85. The highest BCUT2D eigenvalue weighted by atomic mass is 32.2. The number of benzene rings is 2. The number of rotatable bonds is 8. The van der Waals surface area contributed by atoms with Gasteiger partial charge in [0.25, 0.3) is 10.0 Å². The van der Waals surface area contributed by atoms with Crippen LogP contribution in [0.1, 0.15) is 34.6 Å². The van der Waals surface area contributed by atoms with Crippen molar-refractivity contribution in [3.63, 3.8) is 0 Å². The van der Waals surface area contributed by atoms with Crippen molar-refractivity contribution < 1.29 is 17.2 Å². The second-order valence-corrected chi connectivity index (χ2v) is 11.0. The maximum atomic E-state index is 15.0. The molecule has 9 heteroatoms. The minimum absolute atomic E-state index is 0.194. The SMILES string of the molecule is NS(=O)(=O)c1cn(CCc2cc3c(cc2F)CC(CN2CCC2)C3Cc2cccc(F)c2)cn1. The van der Waals surface area contributed by atoms with Crippen LogP contribution in [0.5, 0.6) is 0 Å². The van der Waals surface area contributed by atoms with Gasteiger partial charge in [-0.3, -0.25) is 0 Å². The Bertz CT molecular complexity index is 1300. The van der Waals surface area contributed by atoms with E-state index >= 15 is 4.39 Å². The molecule has 1 saturated heterocycles. The summed E-state index contributed by atoms with van der Waals surface area (Å²) in [6.45, 7) is 3.55. The molecule has 0 saturated carbocycles. The quantitative estimate of drug-likeness (QED) is 0.530. The van der Waals surface area contributed by atoms with Crippen molar-refractivity contribution in [2.45, 2.75) is 43.2 Å².